The van der Waals surface area contributed by atoms with Gasteiger partial charge in [-0.3, -0.25) is 4.57 Å². The lowest BCUT2D eigenvalue weighted by molar-refractivity contribution is 0.184. The Morgan fingerprint density at radius 2 is 1.56 bits per heavy atom. The molecule has 1 fully saturated rings. The summed E-state index contributed by atoms with van der Waals surface area (Å²) in [5, 5.41) is 0. The molecule has 1 aromatic heterocycles. The van der Waals surface area contributed by atoms with Crippen LogP contribution < -0.4 is 5.76 Å². The van der Waals surface area contributed by atoms with E-state index in [1.54, 1.807) is 27.1 Å². The van der Waals surface area contributed by atoms with Gasteiger partial charge in [0.25, 0.3) is 0 Å². The van der Waals surface area contributed by atoms with Crippen molar-refractivity contribution < 1.29 is 12.8 Å². The van der Waals surface area contributed by atoms with Crippen LogP contribution in [-0.2, 0) is 22.0 Å². The van der Waals surface area contributed by atoms with Gasteiger partial charge in [0, 0.05) is 32.7 Å². The van der Waals surface area contributed by atoms with Crippen molar-refractivity contribution in [3.8, 4) is 0 Å². The highest BCUT2D eigenvalue weighted by Gasteiger charge is 2.28. The Kier molecular flexibility index (Phi) is 6.29. The van der Waals surface area contributed by atoms with Crippen molar-refractivity contribution in [3.05, 3.63) is 64.6 Å². The fourth-order valence-electron chi connectivity index (χ4n) is 4.15. The van der Waals surface area contributed by atoms with E-state index in [0.717, 1.165) is 24.0 Å². The SMILES string of the molecule is CC(C)(C)c1ccc(S(=O)(=O)N2CCN(CCCn3c(=O)oc4ccccc43)CC2)cc1. The van der Waals surface area contributed by atoms with Crippen LogP contribution in [0.2, 0.25) is 0 Å². The first-order valence-electron chi connectivity index (χ1n) is 11.1. The second-order valence-electron chi connectivity index (χ2n) is 9.36. The third-order valence-corrected chi connectivity index (χ3v) is 8.03. The molecular formula is C24H31N3O4S. The summed E-state index contributed by atoms with van der Waals surface area (Å²) in [5.41, 5.74) is 2.52. The smallest absolute Gasteiger partial charge is 0.408 e. The third kappa shape index (κ3) is 4.67. The molecule has 0 bridgehead atoms. The molecule has 32 heavy (non-hydrogen) atoms. The van der Waals surface area contributed by atoms with E-state index in [1.807, 2.05) is 30.3 Å². The van der Waals surface area contributed by atoms with E-state index in [9.17, 15) is 13.2 Å². The van der Waals surface area contributed by atoms with Gasteiger partial charge in [-0.15, -0.1) is 0 Å². The van der Waals surface area contributed by atoms with Gasteiger partial charge >= 0.3 is 5.76 Å². The number of fused-ring (bicyclic) bond motifs is 1. The number of sulfonamides is 1. The Morgan fingerprint density at radius 3 is 2.22 bits per heavy atom. The fraction of sp³-hybridized carbons (Fsp3) is 0.458. The van der Waals surface area contributed by atoms with Crippen molar-refractivity contribution in [2.75, 3.05) is 32.7 Å². The molecule has 0 radical (unpaired) electrons. The summed E-state index contributed by atoms with van der Waals surface area (Å²) in [6, 6.07) is 14.7. The van der Waals surface area contributed by atoms with E-state index in [2.05, 4.69) is 25.7 Å². The molecule has 172 valence electrons. The Bertz CT molecular complexity index is 1230. The quantitative estimate of drug-likeness (QED) is 0.568. The van der Waals surface area contributed by atoms with Crippen LogP contribution in [0.4, 0.5) is 0 Å². The van der Waals surface area contributed by atoms with E-state index < -0.39 is 10.0 Å². The van der Waals surface area contributed by atoms with Gasteiger partial charge in [0.05, 0.1) is 10.4 Å². The number of nitrogens with zero attached hydrogens (tertiary/aromatic N) is 3. The maximum atomic E-state index is 13.0. The van der Waals surface area contributed by atoms with Crippen LogP contribution in [0.1, 0.15) is 32.8 Å². The molecule has 3 aromatic rings. The average Bonchev–Trinajstić information content (AvgIpc) is 3.09. The van der Waals surface area contributed by atoms with Crippen LogP contribution >= 0.6 is 0 Å². The topological polar surface area (TPSA) is 75.8 Å². The summed E-state index contributed by atoms with van der Waals surface area (Å²) >= 11 is 0. The molecule has 0 N–H and O–H groups in total. The van der Waals surface area contributed by atoms with Gasteiger partial charge in [0.15, 0.2) is 5.58 Å². The molecule has 1 aliphatic rings. The number of aromatic nitrogens is 1. The third-order valence-electron chi connectivity index (χ3n) is 6.12. The highest BCUT2D eigenvalue weighted by atomic mass is 32.2. The largest absolute Gasteiger partial charge is 0.419 e. The first kappa shape index (κ1) is 22.8. The van der Waals surface area contributed by atoms with Crippen LogP contribution in [0, 0.1) is 0 Å². The molecule has 2 aromatic carbocycles. The van der Waals surface area contributed by atoms with Gasteiger partial charge < -0.3 is 9.32 Å². The summed E-state index contributed by atoms with van der Waals surface area (Å²) in [7, 11) is -3.48. The van der Waals surface area contributed by atoms with E-state index in [0.29, 0.717) is 43.2 Å². The van der Waals surface area contributed by atoms with Crippen LogP contribution in [0.15, 0.2) is 62.6 Å². The number of benzene rings is 2. The van der Waals surface area contributed by atoms with Gasteiger partial charge in [-0.1, -0.05) is 45.0 Å². The standard InChI is InChI=1S/C24H31N3O4S/c1-24(2,3)19-9-11-20(12-10-19)32(29,30)26-17-15-25(16-18-26)13-6-14-27-21-7-4-5-8-22(21)31-23(27)28/h4-5,7-12H,6,13-18H2,1-3H3. The number of aryl methyl sites for hydroxylation is 1. The molecule has 0 aliphatic carbocycles. The van der Waals surface area contributed by atoms with Gasteiger partial charge in [0.1, 0.15) is 0 Å². The first-order chi connectivity index (χ1) is 15.2. The Labute approximate surface area is 189 Å². The Balaban J connectivity index is 1.32. The molecule has 0 unspecified atom stereocenters. The van der Waals surface area contributed by atoms with Crippen molar-refractivity contribution in [1.29, 1.82) is 0 Å². The van der Waals surface area contributed by atoms with Gasteiger partial charge in [0.2, 0.25) is 10.0 Å². The summed E-state index contributed by atoms with van der Waals surface area (Å²) < 4.78 is 34.6. The molecule has 2 heterocycles. The van der Waals surface area contributed by atoms with Crippen LogP contribution in [0.25, 0.3) is 11.1 Å². The summed E-state index contributed by atoms with van der Waals surface area (Å²) in [5.74, 6) is -0.334. The molecule has 4 rings (SSSR count). The molecular weight excluding hydrogens is 426 g/mol. The maximum absolute atomic E-state index is 13.0. The van der Waals surface area contributed by atoms with Gasteiger partial charge in [-0.05, 0) is 48.2 Å². The molecule has 0 atom stereocenters. The van der Waals surface area contributed by atoms with Crippen molar-refractivity contribution in [1.82, 2.24) is 13.8 Å². The minimum Gasteiger partial charge on any atom is -0.408 e. The lowest BCUT2D eigenvalue weighted by Crippen LogP contribution is -2.48. The van der Waals surface area contributed by atoms with Gasteiger partial charge in [-0.2, -0.15) is 4.31 Å². The monoisotopic (exact) mass is 457 g/mol. The first-order valence-corrected chi connectivity index (χ1v) is 12.5. The summed E-state index contributed by atoms with van der Waals surface area (Å²) in [4.78, 5) is 14.7. The maximum Gasteiger partial charge on any atom is 0.419 e. The predicted octanol–water partition coefficient (Wildman–Crippen LogP) is 3.29. The average molecular weight is 458 g/mol. The van der Waals surface area contributed by atoms with E-state index in [4.69, 9.17) is 4.42 Å². The van der Waals surface area contributed by atoms with Crippen LogP contribution in [0.5, 0.6) is 0 Å². The molecule has 7 nitrogen and oxygen atoms in total. The zero-order chi connectivity index (χ0) is 22.9. The Morgan fingerprint density at radius 1 is 0.906 bits per heavy atom. The summed E-state index contributed by atoms with van der Waals surface area (Å²) in [6.45, 7) is 10.0. The number of hydrogen-bond donors (Lipinski definition) is 0. The lowest BCUT2D eigenvalue weighted by atomic mass is 9.87. The molecule has 0 spiro atoms. The van der Waals surface area contributed by atoms with Crippen molar-refractivity contribution in [2.24, 2.45) is 0 Å². The van der Waals surface area contributed by atoms with E-state index in [1.165, 1.54) is 0 Å². The zero-order valence-electron chi connectivity index (χ0n) is 19.0. The number of hydrogen-bond acceptors (Lipinski definition) is 5. The second-order valence-corrected chi connectivity index (χ2v) is 11.3. The minimum atomic E-state index is -3.48. The van der Waals surface area contributed by atoms with Crippen molar-refractivity contribution >= 4 is 21.1 Å². The molecule has 1 saturated heterocycles. The highest BCUT2D eigenvalue weighted by molar-refractivity contribution is 7.89. The number of piperazine rings is 1. The lowest BCUT2D eigenvalue weighted by Gasteiger charge is -2.34. The van der Waals surface area contributed by atoms with Crippen LogP contribution in [-0.4, -0.2) is 54.9 Å². The normalized spacial score (nSPS) is 16.6. The summed E-state index contributed by atoms with van der Waals surface area (Å²) in [6.07, 6.45) is 0.796. The molecule has 8 heteroatoms. The minimum absolute atomic E-state index is 0.0121. The van der Waals surface area contributed by atoms with Gasteiger partial charge in [-0.25, -0.2) is 13.2 Å². The molecule has 1 aliphatic heterocycles. The fourth-order valence-corrected chi connectivity index (χ4v) is 5.57. The predicted molar refractivity (Wildman–Crippen MR) is 125 cm³/mol. The van der Waals surface area contributed by atoms with Crippen LogP contribution in [0.3, 0.4) is 0 Å². The van der Waals surface area contributed by atoms with Crippen molar-refractivity contribution in [3.63, 3.8) is 0 Å². The molecule has 0 amide bonds. The molecule has 0 saturated carbocycles. The number of para-hydroxylation sites is 2. The van der Waals surface area contributed by atoms with Crippen molar-refractivity contribution in [2.45, 2.75) is 44.0 Å². The van der Waals surface area contributed by atoms with E-state index >= 15 is 0 Å². The number of rotatable bonds is 6. The Hall–Kier alpha value is -2.42. The highest BCUT2D eigenvalue weighted by Crippen LogP contribution is 2.25. The second kappa shape index (κ2) is 8.84. The number of oxazole rings is 1. The zero-order valence-corrected chi connectivity index (χ0v) is 19.8. The van der Waals surface area contributed by atoms with E-state index in [-0.39, 0.29) is 11.2 Å².